The molecule has 6 nitrogen and oxygen atoms in total. The molecule has 1 aliphatic rings. The van der Waals surface area contributed by atoms with Crippen LogP contribution in [0.5, 0.6) is 0 Å². The van der Waals surface area contributed by atoms with Crippen LogP contribution in [0.4, 0.5) is 0 Å². The Bertz CT molecular complexity index is 765. The molecular weight excluding hydrogens is 280 g/mol. The first-order chi connectivity index (χ1) is 9.46. The molecule has 1 N–H and O–H groups in total. The standard InChI is InChI=1S/C13H14N2O4S/c16-13(17)10-1-2-11-7-14-12(15(11)8-10)9-3-5-20(18,19)6-4-9/h1-2,7-9H,3-6H2,(H,16,17). The van der Waals surface area contributed by atoms with Gasteiger partial charge in [0, 0.05) is 12.1 Å². The maximum Gasteiger partial charge on any atom is 0.337 e. The van der Waals surface area contributed by atoms with Gasteiger partial charge in [0.25, 0.3) is 0 Å². The van der Waals surface area contributed by atoms with E-state index in [4.69, 9.17) is 5.11 Å². The Morgan fingerprint density at radius 2 is 2.00 bits per heavy atom. The second-order valence-electron chi connectivity index (χ2n) is 5.06. The van der Waals surface area contributed by atoms with E-state index in [1.807, 2.05) is 0 Å². The summed E-state index contributed by atoms with van der Waals surface area (Å²) in [5.41, 5.74) is 1.01. The third-order valence-electron chi connectivity index (χ3n) is 3.72. The van der Waals surface area contributed by atoms with Crippen LogP contribution in [0.2, 0.25) is 0 Å². The fourth-order valence-corrected chi connectivity index (χ4v) is 4.08. The van der Waals surface area contributed by atoms with Gasteiger partial charge in [-0.15, -0.1) is 0 Å². The van der Waals surface area contributed by atoms with Crippen molar-refractivity contribution in [2.24, 2.45) is 0 Å². The fraction of sp³-hybridized carbons (Fsp3) is 0.385. The molecule has 0 amide bonds. The van der Waals surface area contributed by atoms with Crippen LogP contribution in [0, 0.1) is 0 Å². The van der Waals surface area contributed by atoms with Crippen LogP contribution < -0.4 is 0 Å². The van der Waals surface area contributed by atoms with Gasteiger partial charge >= 0.3 is 5.97 Å². The van der Waals surface area contributed by atoms with Crippen molar-refractivity contribution in [2.45, 2.75) is 18.8 Å². The molecule has 0 unspecified atom stereocenters. The van der Waals surface area contributed by atoms with Gasteiger partial charge in [0.1, 0.15) is 15.7 Å². The second-order valence-corrected chi connectivity index (χ2v) is 7.36. The Hall–Kier alpha value is -1.89. The van der Waals surface area contributed by atoms with Crippen LogP contribution in [-0.4, -0.2) is 40.4 Å². The molecule has 20 heavy (non-hydrogen) atoms. The van der Waals surface area contributed by atoms with Crippen molar-refractivity contribution in [1.29, 1.82) is 0 Å². The lowest BCUT2D eigenvalue weighted by Gasteiger charge is -2.21. The minimum absolute atomic E-state index is 0.0602. The summed E-state index contributed by atoms with van der Waals surface area (Å²) in [6.45, 7) is 0. The Morgan fingerprint density at radius 1 is 1.30 bits per heavy atom. The van der Waals surface area contributed by atoms with Crippen molar-refractivity contribution in [3.8, 4) is 0 Å². The van der Waals surface area contributed by atoms with Crippen molar-refractivity contribution < 1.29 is 18.3 Å². The van der Waals surface area contributed by atoms with Crippen LogP contribution >= 0.6 is 0 Å². The molecule has 0 spiro atoms. The largest absolute Gasteiger partial charge is 0.478 e. The van der Waals surface area contributed by atoms with Gasteiger partial charge in [-0.2, -0.15) is 0 Å². The summed E-state index contributed by atoms with van der Waals surface area (Å²) < 4.78 is 24.7. The molecule has 1 aliphatic heterocycles. The molecule has 0 atom stereocenters. The smallest absolute Gasteiger partial charge is 0.337 e. The van der Waals surface area contributed by atoms with Crippen molar-refractivity contribution >= 4 is 21.3 Å². The number of hydrogen-bond acceptors (Lipinski definition) is 4. The summed E-state index contributed by atoms with van der Waals surface area (Å²) in [6, 6.07) is 3.24. The molecular formula is C13H14N2O4S. The third kappa shape index (κ3) is 2.29. The van der Waals surface area contributed by atoms with Gasteiger partial charge in [-0.3, -0.25) is 0 Å². The number of pyridine rings is 1. The second kappa shape index (κ2) is 4.59. The normalized spacial score (nSPS) is 19.2. The predicted molar refractivity (Wildman–Crippen MR) is 72.8 cm³/mol. The summed E-state index contributed by atoms with van der Waals surface area (Å²) in [5.74, 6) is 0.164. The van der Waals surface area contributed by atoms with Crippen LogP contribution in [0.1, 0.15) is 34.9 Å². The average Bonchev–Trinajstić information content (AvgIpc) is 2.81. The highest BCUT2D eigenvalue weighted by atomic mass is 32.2. The number of aromatic nitrogens is 2. The summed E-state index contributed by atoms with van der Waals surface area (Å²) in [6.07, 6.45) is 4.31. The molecule has 0 radical (unpaired) electrons. The van der Waals surface area contributed by atoms with E-state index in [1.165, 1.54) is 6.07 Å². The predicted octanol–water partition coefficient (Wildman–Crippen LogP) is 1.32. The number of carboxylic acid groups (broad SMARTS) is 1. The van der Waals surface area contributed by atoms with E-state index in [2.05, 4.69) is 4.98 Å². The summed E-state index contributed by atoms with van der Waals surface area (Å²) in [4.78, 5) is 15.4. The van der Waals surface area contributed by atoms with Gasteiger partial charge < -0.3 is 9.51 Å². The Balaban J connectivity index is 1.99. The van der Waals surface area contributed by atoms with E-state index in [0.717, 1.165) is 11.3 Å². The van der Waals surface area contributed by atoms with Crippen LogP contribution in [0.15, 0.2) is 24.5 Å². The fourth-order valence-electron chi connectivity index (χ4n) is 2.59. The number of imidazole rings is 1. The van der Waals surface area contributed by atoms with E-state index >= 15 is 0 Å². The van der Waals surface area contributed by atoms with Gasteiger partial charge in [-0.25, -0.2) is 18.2 Å². The molecule has 0 aromatic carbocycles. The van der Waals surface area contributed by atoms with Crippen LogP contribution in [0.3, 0.4) is 0 Å². The Morgan fingerprint density at radius 3 is 2.65 bits per heavy atom. The minimum Gasteiger partial charge on any atom is -0.478 e. The number of fused-ring (bicyclic) bond motifs is 1. The van der Waals surface area contributed by atoms with E-state index in [9.17, 15) is 13.2 Å². The zero-order chi connectivity index (χ0) is 14.3. The molecule has 1 saturated heterocycles. The maximum atomic E-state index is 11.5. The number of aromatic carboxylic acids is 1. The highest BCUT2D eigenvalue weighted by molar-refractivity contribution is 7.91. The molecule has 0 saturated carbocycles. The minimum atomic E-state index is -2.91. The first-order valence-corrected chi connectivity index (χ1v) is 8.19. The summed E-state index contributed by atoms with van der Waals surface area (Å²) in [7, 11) is -2.91. The monoisotopic (exact) mass is 294 g/mol. The SMILES string of the molecule is O=C(O)c1ccc2cnc(C3CCS(=O)(=O)CC3)n2c1. The van der Waals surface area contributed by atoms with Gasteiger partial charge in [-0.1, -0.05) is 0 Å². The van der Waals surface area contributed by atoms with Crippen LogP contribution in [-0.2, 0) is 9.84 Å². The first-order valence-electron chi connectivity index (χ1n) is 6.37. The number of sulfone groups is 1. The highest BCUT2D eigenvalue weighted by Crippen LogP contribution is 2.28. The van der Waals surface area contributed by atoms with Crippen molar-refractivity contribution in [3.05, 3.63) is 35.9 Å². The first kappa shape index (κ1) is 13.1. The molecule has 3 heterocycles. The number of carboxylic acids is 1. The zero-order valence-corrected chi connectivity index (χ0v) is 11.5. The Kier molecular flexibility index (Phi) is 3.01. The van der Waals surface area contributed by atoms with E-state index in [1.54, 1.807) is 22.9 Å². The molecule has 0 bridgehead atoms. The molecule has 106 valence electrons. The summed E-state index contributed by atoms with van der Waals surface area (Å²) >= 11 is 0. The van der Waals surface area contributed by atoms with E-state index in [0.29, 0.717) is 12.8 Å². The topological polar surface area (TPSA) is 88.7 Å². The van der Waals surface area contributed by atoms with Gasteiger partial charge in [0.2, 0.25) is 0 Å². The maximum absolute atomic E-state index is 11.5. The molecule has 2 aromatic heterocycles. The van der Waals surface area contributed by atoms with Crippen molar-refractivity contribution in [2.75, 3.05) is 11.5 Å². The molecule has 2 aromatic rings. The van der Waals surface area contributed by atoms with Gasteiger partial charge in [-0.05, 0) is 25.0 Å². The zero-order valence-electron chi connectivity index (χ0n) is 10.7. The van der Waals surface area contributed by atoms with E-state index < -0.39 is 15.8 Å². The molecule has 1 fully saturated rings. The van der Waals surface area contributed by atoms with E-state index in [-0.39, 0.29) is 23.0 Å². The van der Waals surface area contributed by atoms with Crippen molar-refractivity contribution in [1.82, 2.24) is 9.38 Å². The lowest BCUT2D eigenvalue weighted by molar-refractivity contribution is 0.0696. The Labute approximate surface area is 116 Å². The number of carbonyl (C=O) groups is 1. The third-order valence-corrected chi connectivity index (χ3v) is 5.44. The number of hydrogen-bond donors (Lipinski definition) is 1. The lowest BCUT2D eigenvalue weighted by atomic mass is 10.0. The van der Waals surface area contributed by atoms with Gasteiger partial charge in [0.05, 0.1) is 28.8 Å². The molecule has 7 heteroatoms. The molecule has 3 rings (SSSR count). The van der Waals surface area contributed by atoms with Crippen LogP contribution in [0.25, 0.3) is 5.52 Å². The van der Waals surface area contributed by atoms with Crippen molar-refractivity contribution in [3.63, 3.8) is 0 Å². The average molecular weight is 294 g/mol. The number of rotatable bonds is 2. The highest BCUT2D eigenvalue weighted by Gasteiger charge is 2.27. The molecule has 0 aliphatic carbocycles. The lowest BCUT2D eigenvalue weighted by Crippen LogP contribution is -2.23. The quantitative estimate of drug-likeness (QED) is 0.902. The summed E-state index contributed by atoms with van der Waals surface area (Å²) in [5, 5.41) is 9.04. The van der Waals surface area contributed by atoms with Gasteiger partial charge in [0.15, 0.2) is 0 Å². The number of nitrogens with zero attached hydrogens (tertiary/aromatic N) is 2.